The van der Waals surface area contributed by atoms with Crippen LogP contribution < -0.4 is 0 Å². The van der Waals surface area contributed by atoms with Crippen LogP contribution in [0.25, 0.3) is 11.1 Å². The lowest BCUT2D eigenvalue weighted by Crippen LogP contribution is -2.14. The standard InChI is InChI=1S/C24H30N4O2/c1-5-6-7-8-21-26-23(24(2,3)4)27-28(21)16-17-9-11-18(12-10-17)20-15-25-14-13-19(20)22(29)30/h9-15H,5-8,16H2,1-4H3,(H,29,30). The second-order valence-electron chi connectivity index (χ2n) is 8.64. The predicted octanol–water partition coefficient (Wildman–Crippen LogP) is 5.12. The molecule has 2 aromatic heterocycles. The molecule has 0 saturated carbocycles. The molecule has 0 radical (unpaired) electrons. The van der Waals surface area contributed by atoms with Gasteiger partial charge in [0.15, 0.2) is 5.82 Å². The van der Waals surface area contributed by atoms with Crippen LogP contribution in [0.4, 0.5) is 0 Å². The molecule has 0 aliphatic carbocycles. The molecule has 30 heavy (non-hydrogen) atoms. The SMILES string of the molecule is CCCCCc1nc(C(C)(C)C)nn1Cc1ccc(-c2cnccc2C(=O)O)cc1. The third kappa shape index (κ3) is 5.12. The van der Waals surface area contributed by atoms with Crippen LogP contribution in [0.15, 0.2) is 42.7 Å². The van der Waals surface area contributed by atoms with E-state index in [-0.39, 0.29) is 11.0 Å². The molecule has 158 valence electrons. The first-order chi connectivity index (χ1) is 14.3. The van der Waals surface area contributed by atoms with Gasteiger partial charge in [0.1, 0.15) is 5.82 Å². The van der Waals surface area contributed by atoms with Gasteiger partial charge in [-0.05, 0) is 23.6 Å². The molecule has 0 aliphatic heterocycles. The van der Waals surface area contributed by atoms with Crippen molar-refractivity contribution in [2.45, 2.75) is 65.3 Å². The molecule has 0 amide bonds. The number of carboxylic acids is 1. The summed E-state index contributed by atoms with van der Waals surface area (Å²) in [5.41, 5.74) is 2.71. The largest absolute Gasteiger partial charge is 0.478 e. The Morgan fingerprint density at radius 3 is 2.47 bits per heavy atom. The minimum atomic E-state index is -0.953. The molecule has 0 saturated heterocycles. The lowest BCUT2D eigenvalue weighted by atomic mass is 9.96. The summed E-state index contributed by atoms with van der Waals surface area (Å²) < 4.78 is 2.01. The lowest BCUT2D eigenvalue weighted by molar-refractivity contribution is 0.0697. The predicted molar refractivity (Wildman–Crippen MR) is 118 cm³/mol. The van der Waals surface area contributed by atoms with Gasteiger partial charge in [-0.3, -0.25) is 4.98 Å². The average molecular weight is 407 g/mol. The van der Waals surface area contributed by atoms with Crippen molar-refractivity contribution in [1.29, 1.82) is 0 Å². The van der Waals surface area contributed by atoms with Crippen molar-refractivity contribution in [3.8, 4) is 11.1 Å². The van der Waals surface area contributed by atoms with Crippen LogP contribution in [0, 0.1) is 0 Å². The molecule has 2 heterocycles. The van der Waals surface area contributed by atoms with Crippen LogP contribution in [0.5, 0.6) is 0 Å². The monoisotopic (exact) mass is 406 g/mol. The van der Waals surface area contributed by atoms with Crippen molar-refractivity contribution in [3.63, 3.8) is 0 Å². The summed E-state index contributed by atoms with van der Waals surface area (Å²) in [7, 11) is 0. The Labute approximate surface area is 178 Å². The summed E-state index contributed by atoms with van der Waals surface area (Å²) in [6, 6.07) is 9.44. The summed E-state index contributed by atoms with van der Waals surface area (Å²) in [5.74, 6) is 0.940. The first kappa shape index (κ1) is 21.7. The maximum atomic E-state index is 11.5. The summed E-state index contributed by atoms with van der Waals surface area (Å²) in [6.45, 7) is 9.23. The van der Waals surface area contributed by atoms with Gasteiger partial charge >= 0.3 is 5.97 Å². The number of pyridine rings is 1. The number of carbonyl (C=O) groups is 1. The summed E-state index contributed by atoms with van der Waals surface area (Å²) >= 11 is 0. The van der Waals surface area contributed by atoms with E-state index in [0.29, 0.717) is 12.1 Å². The fourth-order valence-electron chi connectivity index (χ4n) is 3.31. The minimum absolute atomic E-state index is 0.0951. The number of hydrogen-bond donors (Lipinski definition) is 1. The molecule has 0 unspecified atom stereocenters. The second-order valence-corrected chi connectivity index (χ2v) is 8.64. The number of hydrogen-bond acceptors (Lipinski definition) is 4. The van der Waals surface area contributed by atoms with Gasteiger partial charge in [0.2, 0.25) is 0 Å². The van der Waals surface area contributed by atoms with Gasteiger partial charge in [0.05, 0.1) is 12.1 Å². The van der Waals surface area contributed by atoms with E-state index in [2.05, 4.69) is 32.7 Å². The summed E-state index contributed by atoms with van der Waals surface area (Å²) in [4.78, 5) is 20.4. The smallest absolute Gasteiger partial charge is 0.336 e. The zero-order chi connectivity index (χ0) is 21.7. The molecule has 0 bridgehead atoms. The van der Waals surface area contributed by atoms with Gasteiger partial charge in [0, 0.05) is 29.8 Å². The molecule has 3 aromatic rings. The molecule has 6 heteroatoms. The maximum Gasteiger partial charge on any atom is 0.336 e. The van der Waals surface area contributed by atoms with Gasteiger partial charge in [-0.15, -0.1) is 0 Å². The van der Waals surface area contributed by atoms with Gasteiger partial charge < -0.3 is 5.11 Å². The Balaban J connectivity index is 1.85. The number of aromatic nitrogens is 4. The van der Waals surface area contributed by atoms with E-state index >= 15 is 0 Å². The van der Waals surface area contributed by atoms with Crippen molar-refractivity contribution in [2.75, 3.05) is 0 Å². The summed E-state index contributed by atoms with van der Waals surface area (Å²) in [6.07, 6.45) is 7.48. The highest BCUT2D eigenvalue weighted by molar-refractivity contribution is 5.95. The molecule has 0 fully saturated rings. The van der Waals surface area contributed by atoms with E-state index in [9.17, 15) is 9.90 Å². The van der Waals surface area contributed by atoms with E-state index in [4.69, 9.17) is 10.1 Å². The molecular weight excluding hydrogens is 376 g/mol. The number of unbranched alkanes of at least 4 members (excludes halogenated alkanes) is 2. The van der Waals surface area contributed by atoms with Crippen molar-refractivity contribution in [1.82, 2.24) is 19.7 Å². The number of carboxylic acid groups (broad SMARTS) is 1. The Morgan fingerprint density at radius 1 is 1.10 bits per heavy atom. The fraction of sp³-hybridized carbons (Fsp3) is 0.417. The molecule has 3 rings (SSSR count). The van der Waals surface area contributed by atoms with Gasteiger partial charge in [-0.2, -0.15) is 5.10 Å². The zero-order valence-electron chi connectivity index (χ0n) is 18.2. The normalized spacial score (nSPS) is 11.6. The molecule has 0 aliphatic rings. The number of nitrogens with zero attached hydrogens (tertiary/aromatic N) is 4. The van der Waals surface area contributed by atoms with Crippen molar-refractivity contribution >= 4 is 5.97 Å². The molecule has 1 aromatic carbocycles. The number of aromatic carboxylic acids is 1. The van der Waals surface area contributed by atoms with Gasteiger partial charge in [-0.1, -0.05) is 64.8 Å². The van der Waals surface area contributed by atoms with Crippen molar-refractivity contribution in [2.24, 2.45) is 0 Å². The molecular formula is C24H30N4O2. The first-order valence-corrected chi connectivity index (χ1v) is 10.5. The molecule has 1 N–H and O–H groups in total. The zero-order valence-corrected chi connectivity index (χ0v) is 18.2. The summed E-state index contributed by atoms with van der Waals surface area (Å²) in [5, 5.41) is 14.2. The van der Waals surface area contributed by atoms with Crippen LogP contribution in [0.1, 0.15) is 74.5 Å². The first-order valence-electron chi connectivity index (χ1n) is 10.5. The van der Waals surface area contributed by atoms with E-state index in [1.807, 2.05) is 28.9 Å². The Bertz CT molecular complexity index is 1000. The average Bonchev–Trinajstić information content (AvgIpc) is 3.12. The maximum absolute atomic E-state index is 11.5. The second kappa shape index (κ2) is 9.20. The van der Waals surface area contributed by atoms with Crippen molar-refractivity contribution < 1.29 is 9.90 Å². The van der Waals surface area contributed by atoms with E-state index < -0.39 is 5.97 Å². The Morgan fingerprint density at radius 2 is 1.83 bits per heavy atom. The number of aryl methyl sites for hydroxylation is 1. The van der Waals surface area contributed by atoms with Crippen LogP contribution in [-0.2, 0) is 18.4 Å². The van der Waals surface area contributed by atoms with Crippen molar-refractivity contribution in [3.05, 3.63) is 65.5 Å². The van der Waals surface area contributed by atoms with Crippen LogP contribution >= 0.6 is 0 Å². The number of rotatable bonds is 8. The third-order valence-corrected chi connectivity index (χ3v) is 5.07. The highest BCUT2D eigenvalue weighted by Gasteiger charge is 2.22. The van der Waals surface area contributed by atoms with Gasteiger partial charge in [0.25, 0.3) is 0 Å². The highest BCUT2D eigenvalue weighted by Crippen LogP contribution is 2.24. The quantitative estimate of drug-likeness (QED) is 0.525. The number of benzene rings is 1. The fourth-order valence-corrected chi connectivity index (χ4v) is 3.31. The topological polar surface area (TPSA) is 80.9 Å². The van der Waals surface area contributed by atoms with E-state index in [1.54, 1.807) is 6.20 Å². The lowest BCUT2D eigenvalue weighted by Gasteiger charge is -2.12. The molecule has 0 spiro atoms. The third-order valence-electron chi connectivity index (χ3n) is 5.07. The highest BCUT2D eigenvalue weighted by atomic mass is 16.4. The van der Waals surface area contributed by atoms with E-state index in [1.165, 1.54) is 25.1 Å². The Hall–Kier alpha value is -3.02. The minimum Gasteiger partial charge on any atom is -0.478 e. The molecule has 0 atom stereocenters. The van der Waals surface area contributed by atoms with Crippen LogP contribution in [0.2, 0.25) is 0 Å². The van der Waals surface area contributed by atoms with Gasteiger partial charge in [-0.25, -0.2) is 14.5 Å². The van der Waals surface area contributed by atoms with E-state index in [0.717, 1.165) is 35.6 Å². The molecule has 6 nitrogen and oxygen atoms in total. The van der Waals surface area contributed by atoms with Crippen LogP contribution in [-0.4, -0.2) is 30.8 Å². The Kier molecular flexibility index (Phi) is 6.65. The van der Waals surface area contributed by atoms with Crippen LogP contribution in [0.3, 0.4) is 0 Å².